The largest absolute Gasteiger partial charge is 0.341 e. The molecule has 0 radical (unpaired) electrons. The van der Waals surface area contributed by atoms with Gasteiger partial charge >= 0.3 is 0 Å². The zero-order valence-corrected chi connectivity index (χ0v) is 19.0. The number of rotatable bonds is 7. The number of likely N-dealkylation sites (tertiary alicyclic amines) is 1. The van der Waals surface area contributed by atoms with E-state index in [1.807, 2.05) is 41.3 Å². The molecule has 2 unspecified atom stereocenters. The topological polar surface area (TPSA) is 40.6 Å². The Balaban J connectivity index is 1.44. The molecule has 2 aliphatic rings. The molecule has 1 aliphatic heterocycles. The van der Waals surface area contributed by atoms with Crippen molar-refractivity contribution in [2.24, 2.45) is 5.92 Å². The summed E-state index contributed by atoms with van der Waals surface area (Å²) in [4.78, 5) is 29.1. The molecule has 1 saturated carbocycles. The van der Waals surface area contributed by atoms with Gasteiger partial charge in [0.1, 0.15) is 6.54 Å². The van der Waals surface area contributed by atoms with Gasteiger partial charge in [-0.1, -0.05) is 60.5 Å². The second-order valence-electron chi connectivity index (χ2n) is 8.92. The van der Waals surface area contributed by atoms with Crippen LogP contribution in [-0.4, -0.2) is 47.8 Å². The van der Waals surface area contributed by atoms with Crippen LogP contribution in [0.15, 0.2) is 54.6 Å². The molecule has 1 saturated heterocycles. The number of hydrogen-bond acceptors (Lipinski definition) is 2. The van der Waals surface area contributed by atoms with Crippen molar-refractivity contribution in [3.63, 3.8) is 0 Å². The van der Waals surface area contributed by atoms with Gasteiger partial charge in [-0.25, -0.2) is 0 Å². The lowest BCUT2D eigenvalue weighted by molar-refractivity contribution is -0.137. The number of carbonyl (C=O) groups is 2. The highest BCUT2D eigenvalue weighted by Crippen LogP contribution is 2.40. The van der Waals surface area contributed by atoms with Crippen LogP contribution in [0.25, 0.3) is 0 Å². The van der Waals surface area contributed by atoms with Gasteiger partial charge < -0.3 is 9.80 Å². The molecule has 0 spiro atoms. The molecule has 0 bridgehead atoms. The number of halogens is 1. The number of amides is 2. The summed E-state index contributed by atoms with van der Waals surface area (Å²) in [6, 6.07) is 18.1. The fourth-order valence-corrected chi connectivity index (χ4v) is 5.10. The molecule has 0 aromatic heterocycles. The minimum Gasteiger partial charge on any atom is -0.341 e. The van der Waals surface area contributed by atoms with Gasteiger partial charge in [-0.15, -0.1) is 6.42 Å². The number of nitrogens with zero attached hydrogens (tertiary/aromatic N) is 2. The summed E-state index contributed by atoms with van der Waals surface area (Å²) in [6.07, 6.45) is 9.89. The average Bonchev–Trinajstić information content (AvgIpc) is 3.27. The molecule has 32 heavy (non-hydrogen) atoms. The lowest BCUT2D eigenvalue weighted by Crippen LogP contribution is -2.44. The molecule has 1 aliphatic carbocycles. The summed E-state index contributed by atoms with van der Waals surface area (Å²) in [5, 5.41) is 0.709. The molecule has 2 amide bonds. The predicted octanol–water partition coefficient (Wildman–Crippen LogP) is 4.70. The summed E-state index contributed by atoms with van der Waals surface area (Å²) in [5.41, 5.74) is 2.36. The van der Waals surface area contributed by atoms with Crippen molar-refractivity contribution in [1.82, 2.24) is 9.80 Å². The fraction of sp³-hybridized carbons (Fsp3) is 0.407. The van der Waals surface area contributed by atoms with Crippen molar-refractivity contribution < 1.29 is 9.59 Å². The maximum atomic E-state index is 13.1. The Bertz CT molecular complexity index is 996. The number of benzene rings is 2. The number of terminal acetylenes is 1. The Morgan fingerprint density at radius 2 is 1.91 bits per heavy atom. The van der Waals surface area contributed by atoms with Gasteiger partial charge in [0.2, 0.25) is 5.91 Å². The fourth-order valence-electron chi connectivity index (χ4n) is 4.90. The van der Waals surface area contributed by atoms with Crippen LogP contribution in [0.2, 0.25) is 5.02 Å². The minimum absolute atomic E-state index is 0.0291. The van der Waals surface area contributed by atoms with E-state index in [-0.39, 0.29) is 24.3 Å². The smallest absolute Gasteiger partial charge is 0.298 e. The Morgan fingerprint density at radius 3 is 2.56 bits per heavy atom. The van der Waals surface area contributed by atoms with Gasteiger partial charge in [-0.05, 0) is 54.4 Å². The first kappa shape index (κ1) is 22.4. The Morgan fingerprint density at radius 1 is 1.12 bits per heavy atom. The minimum atomic E-state index is -0.413. The first-order valence-electron chi connectivity index (χ1n) is 11.4. The third-order valence-corrected chi connectivity index (χ3v) is 7.20. The lowest BCUT2D eigenvalue weighted by Gasteiger charge is -2.37. The summed E-state index contributed by atoms with van der Waals surface area (Å²) in [6.45, 7) is 1.83. The van der Waals surface area contributed by atoms with Gasteiger partial charge in [-0.3, -0.25) is 9.59 Å². The molecule has 1 heterocycles. The maximum absolute atomic E-state index is 13.1. The molecule has 5 heteroatoms. The molecular weight excluding hydrogens is 420 g/mol. The second kappa shape index (κ2) is 10.2. The molecule has 2 aromatic carbocycles. The van der Waals surface area contributed by atoms with Crippen LogP contribution in [0.3, 0.4) is 0 Å². The van der Waals surface area contributed by atoms with Crippen LogP contribution in [0.1, 0.15) is 48.6 Å². The van der Waals surface area contributed by atoms with Crippen molar-refractivity contribution in [2.45, 2.75) is 37.5 Å². The van der Waals surface area contributed by atoms with E-state index in [2.05, 4.69) is 24.1 Å². The first-order valence-corrected chi connectivity index (χ1v) is 11.8. The summed E-state index contributed by atoms with van der Waals surface area (Å²) in [5.74, 6) is 2.77. The van der Waals surface area contributed by atoms with E-state index in [9.17, 15) is 9.59 Å². The highest BCUT2D eigenvalue weighted by Gasteiger charge is 2.33. The van der Waals surface area contributed by atoms with Crippen LogP contribution in [-0.2, 0) is 9.59 Å². The van der Waals surface area contributed by atoms with E-state index in [1.165, 1.54) is 12.0 Å². The van der Waals surface area contributed by atoms with Gasteiger partial charge in [0.05, 0.1) is 0 Å². The Labute approximate surface area is 195 Å². The van der Waals surface area contributed by atoms with Crippen molar-refractivity contribution in [3.05, 3.63) is 70.7 Å². The molecule has 4 nitrogen and oxygen atoms in total. The van der Waals surface area contributed by atoms with Crippen LogP contribution in [0, 0.1) is 18.3 Å². The Kier molecular flexibility index (Phi) is 7.17. The molecule has 2 fully saturated rings. The van der Waals surface area contributed by atoms with E-state index in [0.717, 1.165) is 24.8 Å². The molecule has 166 valence electrons. The lowest BCUT2D eigenvalue weighted by atomic mass is 9.73. The number of carbonyl (C=O) groups excluding carboxylic acids is 2. The average molecular weight is 449 g/mol. The molecule has 0 N–H and O–H groups in total. The monoisotopic (exact) mass is 448 g/mol. The van der Waals surface area contributed by atoms with Crippen LogP contribution in [0.5, 0.6) is 0 Å². The van der Waals surface area contributed by atoms with E-state index in [1.54, 1.807) is 4.90 Å². The Hall–Kier alpha value is -2.77. The van der Waals surface area contributed by atoms with Crippen molar-refractivity contribution in [2.75, 3.05) is 26.2 Å². The second-order valence-corrected chi connectivity index (χ2v) is 9.35. The zero-order chi connectivity index (χ0) is 22.5. The zero-order valence-electron chi connectivity index (χ0n) is 18.3. The van der Waals surface area contributed by atoms with Gasteiger partial charge in [0.25, 0.3) is 5.91 Å². The van der Waals surface area contributed by atoms with Crippen molar-refractivity contribution >= 4 is 23.4 Å². The van der Waals surface area contributed by atoms with Crippen molar-refractivity contribution in [1.29, 1.82) is 0 Å². The highest BCUT2D eigenvalue weighted by molar-refractivity contribution is 6.30. The van der Waals surface area contributed by atoms with Crippen LogP contribution < -0.4 is 0 Å². The van der Waals surface area contributed by atoms with E-state index >= 15 is 0 Å². The molecule has 4 rings (SSSR count). The van der Waals surface area contributed by atoms with Crippen molar-refractivity contribution in [3.8, 4) is 12.3 Å². The van der Waals surface area contributed by atoms with Gasteiger partial charge in [0, 0.05) is 36.5 Å². The summed E-state index contributed by atoms with van der Waals surface area (Å²) < 4.78 is 0. The molecular formula is C27H29ClN2O2. The van der Waals surface area contributed by atoms with Gasteiger partial charge in [0.15, 0.2) is 0 Å². The quantitative estimate of drug-likeness (QED) is 0.576. The maximum Gasteiger partial charge on any atom is 0.298 e. The normalized spacial score (nSPS) is 19.1. The highest BCUT2D eigenvalue weighted by atomic mass is 35.5. The molecule has 2 aromatic rings. The van der Waals surface area contributed by atoms with E-state index in [0.29, 0.717) is 30.6 Å². The summed E-state index contributed by atoms with van der Waals surface area (Å²) >= 11 is 6.14. The summed E-state index contributed by atoms with van der Waals surface area (Å²) in [7, 11) is 0. The third-order valence-electron chi connectivity index (χ3n) is 6.96. The van der Waals surface area contributed by atoms with E-state index in [4.69, 9.17) is 18.0 Å². The molecule has 2 atom stereocenters. The van der Waals surface area contributed by atoms with E-state index < -0.39 is 5.91 Å². The standard InChI is InChI=1S/C27H29ClN2O2/c1-2-26(31)30(18-25(21-10-6-11-21)20-8-4-3-5-9-20)19-27(32)29-15-14-23(17-29)22-12-7-13-24(28)16-22/h1,3-5,7-9,12-13,16,21,23,25H,6,10-11,14-15,17-19H2. The van der Waals surface area contributed by atoms with Gasteiger partial charge in [-0.2, -0.15) is 0 Å². The first-order chi connectivity index (χ1) is 15.5. The third kappa shape index (κ3) is 5.16. The number of hydrogen-bond donors (Lipinski definition) is 0. The SMILES string of the molecule is C#CC(=O)N(CC(=O)N1CCC(c2cccc(Cl)c2)C1)CC(c1ccccc1)C1CCC1. The van der Waals surface area contributed by atoms with Crippen LogP contribution >= 0.6 is 11.6 Å². The van der Waals surface area contributed by atoms with Crippen LogP contribution in [0.4, 0.5) is 0 Å². The predicted molar refractivity (Wildman–Crippen MR) is 127 cm³/mol.